The number of nitrogens with one attached hydrogen (secondary N) is 9. The number of allylic oxidation sites excluding steroid dienone is 2. The lowest BCUT2D eigenvalue weighted by Gasteiger charge is -2.30. The highest BCUT2D eigenvalue weighted by Crippen LogP contribution is 2.34. The third-order valence-corrected chi connectivity index (χ3v) is 12.2. The van der Waals surface area contributed by atoms with Crippen molar-refractivity contribution < 1.29 is 72.1 Å². The number of hydrogen-bond donors (Lipinski definition) is 12. The topological polar surface area (TPSA) is 396 Å². The number of amides is 8. The Morgan fingerprint density at radius 3 is 1.18 bits per heavy atom. The Balaban J connectivity index is 3.93. The van der Waals surface area contributed by atoms with Crippen molar-refractivity contribution >= 4 is 65.2 Å². The molecule has 0 aromatic carbocycles. The number of carbonyl (C=O) groups is 11. The molecule has 14 N–H and O–H groups in total. The van der Waals surface area contributed by atoms with E-state index in [1.54, 1.807) is 111 Å². The van der Waals surface area contributed by atoms with Crippen LogP contribution >= 0.6 is 0 Å². The van der Waals surface area contributed by atoms with Gasteiger partial charge in [0.15, 0.2) is 11.6 Å². The van der Waals surface area contributed by atoms with Gasteiger partial charge in [0, 0.05) is 38.2 Å². The molecule has 1 rings (SSSR count). The average Bonchev–Trinajstić information content (AvgIpc) is 3.52. The molecule has 8 atom stereocenters. The van der Waals surface area contributed by atoms with Crippen molar-refractivity contribution in [2.75, 3.05) is 26.2 Å². The van der Waals surface area contributed by atoms with Gasteiger partial charge in [-0.2, -0.15) is 0 Å². The van der Waals surface area contributed by atoms with Gasteiger partial charge in [-0.05, 0) is 138 Å². The van der Waals surface area contributed by atoms with Gasteiger partial charge in [0.1, 0.15) is 53.5 Å². The number of rotatable bonds is 31. The van der Waals surface area contributed by atoms with Crippen LogP contribution in [0.15, 0.2) is 11.3 Å². The van der Waals surface area contributed by atoms with E-state index in [-0.39, 0.29) is 112 Å². The molecular formula is C56H99N11O15. The van der Waals surface area contributed by atoms with Crippen LogP contribution in [-0.4, -0.2) is 162 Å². The molecule has 1 fully saturated rings. The largest absolute Gasteiger partial charge is 0.480 e. The summed E-state index contributed by atoms with van der Waals surface area (Å²) in [5, 5.41) is 33.5. The van der Waals surface area contributed by atoms with E-state index in [9.17, 15) is 57.8 Å². The SMILES string of the molecule is CC(NCC[C@H](NC(=O)[C@H](CCNC(=O)OC(C)(C)C)NC(=O)[C@@H](N)[C@@H](C)OC(C)(C)C)C(=O)N[C@@H](CCNC(=O)OC(C)(C)C)C(=O)N[C@H](CC(C)C)C(=O)N[C@@H](CC(C)C)C(=O)N[C@@H](CCN)C(=O)O)=C1C(=O)CC(C)(C)CC1=O. The van der Waals surface area contributed by atoms with E-state index >= 15 is 0 Å². The summed E-state index contributed by atoms with van der Waals surface area (Å²) in [7, 11) is 0. The van der Waals surface area contributed by atoms with Crippen LogP contribution in [0, 0.1) is 17.3 Å². The molecule has 0 aliphatic heterocycles. The standard InChI is InChI=1S/C56H99N11O15/c1-30(2)26-38(47(73)65-37(18-22-57)50(76)77)67-48(74)39(27-31(3)4)66-46(72)35(20-24-60-51(78)81-54(10,11)12)63-44(70)34(19-23-59-32(5)42-40(68)28-56(16,17)29-41(42)69)62-45(71)36(21-25-61-52(79)82-55(13,14)15)64-49(75)43(58)33(6)80-53(7,8)9/h30-31,33-39,43,59H,18-29,57-58H2,1-17H3,(H,60,78)(H,61,79)(H,62,71)(H,63,70)(H,64,75)(H,65,73)(H,66,72)(H,67,74)(H,76,77)/t33-,34+,35+,36+,37+,38+,39-,43+/m1/s1. The minimum Gasteiger partial charge on any atom is -0.480 e. The monoisotopic (exact) mass is 1170 g/mol. The molecule has 1 saturated carbocycles. The number of alkyl carbamates (subject to hydrolysis) is 2. The summed E-state index contributed by atoms with van der Waals surface area (Å²) >= 11 is 0. The fraction of sp³-hybridized carbons (Fsp3) is 0.768. The number of hydrogen-bond acceptors (Lipinski definition) is 17. The van der Waals surface area contributed by atoms with Crippen molar-refractivity contribution in [1.29, 1.82) is 0 Å². The molecule has 1 aliphatic rings. The van der Waals surface area contributed by atoms with Gasteiger partial charge < -0.3 is 78.6 Å². The van der Waals surface area contributed by atoms with Crippen molar-refractivity contribution in [2.24, 2.45) is 28.7 Å². The van der Waals surface area contributed by atoms with E-state index in [0.29, 0.717) is 0 Å². The molecule has 0 heterocycles. The van der Waals surface area contributed by atoms with Crippen LogP contribution in [-0.2, 0) is 57.4 Å². The lowest BCUT2D eigenvalue weighted by molar-refractivity contribution is -0.142. The first kappa shape index (κ1) is 73.6. The molecule has 8 amide bonds. The van der Waals surface area contributed by atoms with Crippen LogP contribution in [0.25, 0.3) is 0 Å². The molecule has 0 aromatic heterocycles. The maximum absolute atomic E-state index is 14.8. The van der Waals surface area contributed by atoms with Crippen molar-refractivity contribution in [1.82, 2.24) is 47.9 Å². The molecule has 0 aromatic rings. The molecule has 0 bridgehead atoms. The zero-order valence-electron chi connectivity index (χ0n) is 51.6. The Bertz CT molecular complexity index is 2240. The number of carboxylic acid groups (broad SMARTS) is 1. The van der Waals surface area contributed by atoms with Gasteiger partial charge in [-0.1, -0.05) is 41.5 Å². The van der Waals surface area contributed by atoms with Crippen molar-refractivity contribution in [3.8, 4) is 0 Å². The lowest BCUT2D eigenvalue weighted by atomic mass is 9.73. The predicted octanol–water partition coefficient (Wildman–Crippen LogP) is 1.99. The molecule has 26 heteroatoms. The molecule has 0 spiro atoms. The fourth-order valence-corrected chi connectivity index (χ4v) is 8.55. The number of Topliss-reactive ketones (excluding diaryl/α,β-unsaturated/α-hetero) is 2. The minimum atomic E-state index is -1.57. The Morgan fingerprint density at radius 1 is 0.524 bits per heavy atom. The van der Waals surface area contributed by atoms with Crippen molar-refractivity contribution in [3.63, 3.8) is 0 Å². The number of ether oxygens (including phenoxy) is 3. The fourth-order valence-electron chi connectivity index (χ4n) is 8.55. The Labute approximate surface area is 484 Å². The molecule has 0 saturated heterocycles. The number of aliphatic carboxylic acids is 1. The number of carbonyl (C=O) groups excluding carboxylic acids is 10. The molecule has 468 valence electrons. The van der Waals surface area contributed by atoms with Crippen LogP contribution in [0.3, 0.4) is 0 Å². The van der Waals surface area contributed by atoms with E-state index in [1.165, 1.54) is 6.92 Å². The Kier molecular flexibility index (Phi) is 29.6. The van der Waals surface area contributed by atoms with E-state index in [1.807, 2.05) is 0 Å². The summed E-state index contributed by atoms with van der Waals surface area (Å²) in [4.78, 5) is 149. The van der Waals surface area contributed by atoms with Gasteiger partial charge in [-0.3, -0.25) is 38.4 Å². The van der Waals surface area contributed by atoms with Crippen LogP contribution in [0.4, 0.5) is 9.59 Å². The van der Waals surface area contributed by atoms with E-state index in [2.05, 4.69) is 47.9 Å². The predicted molar refractivity (Wildman–Crippen MR) is 306 cm³/mol. The quantitative estimate of drug-likeness (QED) is 0.0349. The van der Waals surface area contributed by atoms with Gasteiger partial charge >= 0.3 is 18.2 Å². The molecule has 0 radical (unpaired) electrons. The third kappa shape index (κ3) is 29.0. The molecule has 82 heavy (non-hydrogen) atoms. The maximum atomic E-state index is 14.8. The van der Waals surface area contributed by atoms with Gasteiger partial charge in [0.25, 0.3) is 0 Å². The molecule has 26 nitrogen and oxygen atoms in total. The number of nitrogens with two attached hydrogens (primary N) is 2. The zero-order chi connectivity index (χ0) is 63.2. The van der Waals surface area contributed by atoms with Gasteiger partial charge in [-0.25, -0.2) is 14.4 Å². The molecule has 1 aliphatic carbocycles. The summed E-state index contributed by atoms with van der Waals surface area (Å²) in [6, 6.07) is -9.86. The summed E-state index contributed by atoms with van der Waals surface area (Å²) in [6.45, 7) is 28.3. The first-order valence-electron chi connectivity index (χ1n) is 28.2. The smallest absolute Gasteiger partial charge is 0.407 e. The molecular weight excluding hydrogens is 1070 g/mol. The highest BCUT2D eigenvalue weighted by molar-refractivity contribution is 6.22. The highest BCUT2D eigenvalue weighted by atomic mass is 16.6. The van der Waals surface area contributed by atoms with Crippen LogP contribution < -0.4 is 59.3 Å². The first-order chi connectivity index (χ1) is 37.5. The van der Waals surface area contributed by atoms with E-state index in [0.717, 1.165) is 0 Å². The van der Waals surface area contributed by atoms with Gasteiger partial charge in [0.05, 0.1) is 17.3 Å². The van der Waals surface area contributed by atoms with Gasteiger partial charge in [-0.15, -0.1) is 0 Å². The van der Waals surface area contributed by atoms with Crippen molar-refractivity contribution in [2.45, 2.75) is 234 Å². The Hall–Kier alpha value is -6.41. The van der Waals surface area contributed by atoms with Crippen molar-refractivity contribution in [3.05, 3.63) is 11.3 Å². The second kappa shape index (κ2) is 33.0. The summed E-state index contributed by atoms with van der Waals surface area (Å²) in [6.07, 6.45) is -3.16. The lowest BCUT2D eigenvalue weighted by Crippen LogP contribution is -2.61. The van der Waals surface area contributed by atoms with Crippen LogP contribution in [0.1, 0.15) is 169 Å². The number of carboxylic acids is 1. The summed E-state index contributed by atoms with van der Waals surface area (Å²) in [5.41, 5.74) is 9.04. The van der Waals surface area contributed by atoms with Gasteiger partial charge in [0.2, 0.25) is 35.4 Å². The zero-order valence-corrected chi connectivity index (χ0v) is 51.6. The second-order valence-electron chi connectivity index (χ2n) is 25.5. The van der Waals surface area contributed by atoms with E-state index < -0.39 is 124 Å². The summed E-state index contributed by atoms with van der Waals surface area (Å²) < 4.78 is 16.6. The van der Waals surface area contributed by atoms with Crippen LogP contribution in [0.2, 0.25) is 0 Å². The second-order valence-corrected chi connectivity index (χ2v) is 25.5. The van der Waals surface area contributed by atoms with Crippen LogP contribution in [0.5, 0.6) is 0 Å². The Morgan fingerprint density at radius 2 is 0.854 bits per heavy atom. The maximum Gasteiger partial charge on any atom is 0.407 e. The molecule has 0 unspecified atom stereocenters. The highest BCUT2D eigenvalue weighted by Gasteiger charge is 2.38. The van der Waals surface area contributed by atoms with E-state index in [4.69, 9.17) is 25.7 Å². The normalized spacial score (nSPS) is 16.6. The number of ketones is 2. The minimum absolute atomic E-state index is 0.0116. The average molecular weight is 1170 g/mol. The third-order valence-electron chi connectivity index (χ3n) is 12.2. The first-order valence-corrected chi connectivity index (χ1v) is 28.2. The summed E-state index contributed by atoms with van der Waals surface area (Å²) in [5.74, 6) is -7.76.